The van der Waals surface area contributed by atoms with E-state index in [2.05, 4.69) is 17.6 Å². The van der Waals surface area contributed by atoms with Crippen molar-refractivity contribution in [3.05, 3.63) is 0 Å². The van der Waals surface area contributed by atoms with Gasteiger partial charge >= 0.3 is 12.0 Å². The zero-order valence-electron chi connectivity index (χ0n) is 12.9. The summed E-state index contributed by atoms with van der Waals surface area (Å²) in [5, 5.41) is 14.9. The maximum atomic E-state index is 12.0. The molecule has 1 aliphatic heterocycles. The van der Waals surface area contributed by atoms with Gasteiger partial charge in [-0.2, -0.15) is 0 Å². The Hall–Kier alpha value is -1.30. The summed E-state index contributed by atoms with van der Waals surface area (Å²) in [7, 11) is 0. The lowest BCUT2D eigenvalue weighted by atomic mass is 9.76. The molecule has 0 radical (unpaired) electrons. The van der Waals surface area contributed by atoms with Crippen LogP contribution in [0.15, 0.2) is 0 Å². The van der Waals surface area contributed by atoms with Gasteiger partial charge in [0.05, 0.1) is 19.3 Å². The van der Waals surface area contributed by atoms with Crippen LogP contribution in [0.1, 0.15) is 46.0 Å². The van der Waals surface area contributed by atoms with E-state index in [0.717, 1.165) is 12.8 Å². The molecule has 0 bridgehead atoms. The third-order valence-corrected chi connectivity index (χ3v) is 4.99. The van der Waals surface area contributed by atoms with Crippen LogP contribution in [0.25, 0.3) is 0 Å². The molecule has 2 atom stereocenters. The van der Waals surface area contributed by atoms with Crippen molar-refractivity contribution in [2.75, 3.05) is 19.8 Å². The van der Waals surface area contributed by atoms with Crippen LogP contribution in [-0.4, -0.2) is 42.9 Å². The van der Waals surface area contributed by atoms with Crippen molar-refractivity contribution in [1.29, 1.82) is 0 Å². The fourth-order valence-electron chi connectivity index (χ4n) is 3.17. The van der Waals surface area contributed by atoms with Crippen molar-refractivity contribution in [1.82, 2.24) is 10.6 Å². The fourth-order valence-corrected chi connectivity index (χ4v) is 3.17. The largest absolute Gasteiger partial charge is 0.481 e. The van der Waals surface area contributed by atoms with Gasteiger partial charge in [-0.15, -0.1) is 0 Å². The van der Waals surface area contributed by atoms with E-state index in [4.69, 9.17) is 4.74 Å². The smallest absolute Gasteiger partial charge is 0.315 e. The van der Waals surface area contributed by atoms with Gasteiger partial charge in [0.1, 0.15) is 5.41 Å². The molecule has 120 valence electrons. The van der Waals surface area contributed by atoms with Gasteiger partial charge in [0.15, 0.2) is 0 Å². The van der Waals surface area contributed by atoms with Gasteiger partial charge in [0.2, 0.25) is 0 Å². The molecule has 21 heavy (non-hydrogen) atoms. The number of carboxylic acids is 1. The summed E-state index contributed by atoms with van der Waals surface area (Å²) in [5.74, 6) is -0.940. The third-order valence-electron chi connectivity index (χ3n) is 4.99. The topological polar surface area (TPSA) is 87.7 Å². The zero-order chi connectivity index (χ0) is 15.5. The van der Waals surface area contributed by atoms with Crippen LogP contribution in [0.5, 0.6) is 0 Å². The first-order valence-electron chi connectivity index (χ1n) is 7.71. The molecule has 2 aliphatic rings. The maximum absolute atomic E-state index is 12.0. The van der Waals surface area contributed by atoms with Crippen molar-refractivity contribution in [3.8, 4) is 0 Å². The Morgan fingerprint density at radius 2 is 1.90 bits per heavy atom. The first-order chi connectivity index (χ1) is 9.86. The molecule has 1 heterocycles. The van der Waals surface area contributed by atoms with Gasteiger partial charge in [-0.25, -0.2) is 4.79 Å². The standard InChI is InChI=1S/C15H26N2O4/c1-14(6-4-3-5-7-14)9-16-13(20)17-11-8-21-10-15(11,2)12(18)19/h11H,3-10H2,1-2H3,(H,18,19)(H2,16,17,20). The van der Waals surface area contributed by atoms with Crippen molar-refractivity contribution in [2.45, 2.75) is 52.0 Å². The van der Waals surface area contributed by atoms with E-state index >= 15 is 0 Å². The Morgan fingerprint density at radius 3 is 2.52 bits per heavy atom. The van der Waals surface area contributed by atoms with Crippen LogP contribution in [0, 0.1) is 10.8 Å². The van der Waals surface area contributed by atoms with Crippen LogP contribution in [-0.2, 0) is 9.53 Å². The summed E-state index contributed by atoms with van der Waals surface area (Å²) in [6.07, 6.45) is 5.97. The molecule has 1 saturated carbocycles. The highest BCUT2D eigenvalue weighted by molar-refractivity contribution is 5.79. The van der Waals surface area contributed by atoms with Crippen LogP contribution >= 0.6 is 0 Å². The maximum Gasteiger partial charge on any atom is 0.315 e. The second kappa shape index (κ2) is 6.22. The lowest BCUT2D eigenvalue weighted by Gasteiger charge is -2.34. The Labute approximate surface area is 125 Å². The minimum Gasteiger partial charge on any atom is -0.481 e. The third kappa shape index (κ3) is 3.67. The molecule has 2 amide bonds. The summed E-state index contributed by atoms with van der Waals surface area (Å²) in [5.41, 5.74) is -0.885. The number of urea groups is 1. The number of carboxylic acid groups (broad SMARTS) is 1. The molecule has 3 N–H and O–H groups in total. The zero-order valence-corrected chi connectivity index (χ0v) is 12.9. The van der Waals surface area contributed by atoms with Crippen LogP contribution in [0.3, 0.4) is 0 Å². The van der Waals surface area contributed by atoms with Crippen molar-refractivity contribution >= 4 is 12.0 Å². The van der Waals surface area contributed by atoms with E-state index in [1.807, 2.05) is 0 Å². The molecule has 2 fully saturated rings. The van der Waals surface area contributed by atoms with E-state index in [-0.39, 0.29) is 24.7 Å². The summed E-state index contributed by atoms with van der Waals surface area (Å²) >= 11 is 0. The van der Waals surface area contributed by atoms with Gasteiger partial charge < -0.3 is 20.5 Å². The quantitative estimate of drug-likeness (QED) is 0.738. The average molecular weight is 298 g/mol. The van der Waals surface area contributed by atoms with Crippen LogP contribution in [0.2, 0.25) is 0 Å². The molecule has 0 aromatic rings. The highest BCUT2D eigenvalue weighted by Gasteiger charge is 2.47. The van der Waals surface area contributed by atoms with Crippen molar-refractivity contribution < 1.29 is 19.4 Å². The Bertz CT molecular complexity index is 406. The number of hydrogen-bond acceptors (Lipinski definition) is 3. The van der Waals surface area contributed by atoms with Gasteiger partial charge in [0.25, 0.3) is 0 Å². The van der Waals surface area contributed by atoms with Gasteiger partial charge in [-0.1, -0.05) is 26.2 Å². The molecule has 1 aliphatic carbocycles. The SMILES string of the molecule is CC1(CNC(=O)NC2COCC2(C)C(=O)O)CCCCC1. The van der Waals surface area contributed by atoms with E-state index in [9.17, 15) is 14.7 Å². The Kier molecular flexibility index (Phi) is 4.76. The number of rotatable bonds is 4. The normalized spacial score (nSPS) is 31.6. The highest BCUT2D eigenvalue weighted by atomic mass is 16.5. The minimum absolute atomic E-state index is 0.130. The number of carbonyl (C=O) groups is 2. The van der Waals surface area contributed by atoms with E-state index in [1.54, 1.807) is 6.92 Å². The van der Waals surface area contributed by atoms with Gasteiger partial charge in [-0.3, -0.25) is 4.79 Å². The number of hydrogen-bond donors (Lipinski definition) is 3. The van der Waals surface area contributed by atoms with E-state index in [1.165, 1.54) is 19.3 Å². The molecule has 2 rings (SSSR count). The minimum atomic E-state index is -1.05. The summed E-state index contributed by atoms with van der Waals surface area (Å²) < 4.78 is 5.23. The summed E-state index contributed by atoms with van der Waals surface area (Å²) in [6, 6.07) is -0.793. The monoisotopic (exact) mass is 298 g/mol. The number of aliphatic carboxylic acids is 1. The summed E-state index contributed by atoms with van der Waals surface area (Å²) in [6.45, 7) is 4.82. The molecular weight excluding hydrogens is 272 g/mol. The molecule has 6 heteroatoms. The number of nitrogens with one attached hydrogen (secondary N) is 2. The van der Waals surface area contributed by atoms with Crippen molar-refractivity contribution in [3.63, 3.8) is 0 Å². The molecule has 6 nitrogen and oxygen atoms in total. The molecule has 2 unspecified atom stereocenters. The van der Waals surface area contributed by atoms with E-state index < -0.39 is 17.4 Å². The lowest BCUT2D eigenvalue weighted by Crippen LogP contribution is -2.53. The first kappa shape index (κ1) is 16.1. The number of amides is 2. The average Bonchev–Trinajstić information content (AvgIpc) is 2.80. The summed E-state index contributed by atoms with van der Waals surface area (Å²) in [4.78, 5) is 23.3. The number of ether oxygens (including phenoxy) is 1. The molecule has 0 spiro atoms. The van der Waals surface area contributed by atoms with Crippen LogP contribution < -0.4 is 10.6 Å². The highest BCUT2D eigenvalue weighted by Crippen LogP contribution is 2.35. The number of carbonyl (C=O) groups excluding carboxylic acids is 1. The molecule has 1 saturated heterocycles. The second-order valence-corrected chi connectivity index (χ2v) is 6.99. The molecule has 0 aromatic carbocycles. The van der Waals surface area contributed by atoms with E-state index in [0.29, 0.717) is 6.54 Å². The first-order valence-corrected chi connectivity index (χ1v) is 7.71. The second-order valence-electron chi connectivity index (χ2n) is 6.99. The molecule has 0 aromatic heterocycles. The fraction of sp³-hybridized carbons (Fsp3) is 0.867. The molecular formula is C15H26N2O4. The van der Waals surface area contributed by atoms with Crippen molar-refractivity contribution in [2.24, 2.45) is 10.8 Å². The van der Waals surface area contributed by atoms with Gasteiger partial charge in [0, 0.05) is 6.54 Å². The Morgan fingerprint density at radius 1 is 1.24 bits per heavy atom. The van der Waals surface area contributed by atoms with Crippen LogP contribution in [0.4, 0.5) is 4.79 Å². The van der Waals surface area contributed by atoms with Gasteiger partial charge in [-0.05, 0) is 25.2 Å². The lowest BCUT2D eigenvalue weighted by molar-refractivity contribution is -0.148. The predicted molar refractivity (Wildman–Crippen MR) is 78.1 cm³/mol. The Balaban J connectivity index is 1.83. The predicted octanol–water partition coefficient (Wildman–Crippen LogP) is 1.75.